The van der Waals surface area contributed by atoms with E-state index < -0.39 is 0 Å². The predicted octanol–water partition coefficient (Wildman–Crippen LogP) is 2.40. The van der Waals surface area contributed by atoms with Crippen LogP contribution in [0.1, 0.15) is 40.5 Å². The summed E-state index contributed by atoms with van der Waals surface area (Å²) in [6.45, 7) is 7.64. The van der Waals surface area contributed by atoms with Gasteiger partial charge < -0.3 is 0 Å². The summed E-state index contributed by atoms with van der Waals surface area (Å²) in [7, 11) is 0. The van der Waals surface area contributed by atoms with Crippen LogP contribution in [0.3, 0.4) is 0 Å². The molecule has 4 aliphatic carbocycles. The molecule has 2 saturated heterocycles. The van der Waals surface area contributed by atoms with E-state index in [4.69, 9.17) is 0 Å². The Morgan fingerprint density at radius 3 is 1.00 bits per heavy atom. The van der Waals surface area contributed by atoms with E-state index in [-0.39, 0.29) is 59.4 Å². The fourth-order valence-corrected chi connectivity index (χ4v) is 6.87. The molecule has 160 valence electrons. The van der Waals surface area contributed by atoms with Crippen LogP contribution in [0.4, 0.5) is 0 Å². The van der Waals surface area contributed by atoms with Crippen LogP contribution in [-0.4, -0.2) is 45.5 Å². The van der Waals surface area contributed by atoms with Gasteiger partial charge in [0.25, 0.3) is 0 Å². The van der Waals surface area contributed by atoms with E-state index in [2.05, 4.69) is 24.3 Å². The number of fused-ring (bicyclic) bond motifs is 10. The Morgan fingerprint density at radius 2 is 0.800 bits per heavy atom. The summed E-state index contributed by atoms with van der Waals surface area (Å²) >= 11 is 0. The van der Waals surface area contributed by atoms with E-state index in [1.807, 2.05) is 27.7 Å². The second kappa shape index (κ2) is 6.63. The monoisotopic (exact) mass is 410 g/mol. The number of likely N-dealkylation sites (tertiary alicyclic amines) is 2. The molecule has 0 aromatic carbocycles. The Bertz CT molecular complexity index is 756. The van der Waals surface area contributed by atoms with Crippen molar-refractivity contribution in [3.05, 3.63) is 24.3 Å². The van der Waals surface area contributed by atoms with E-state index in [1.54, 1.807) is 0 Å². The van der Waals surface area contributed by atoms with Gasteiger partial charge in [-0.1, -0.05) is 24.3 Å². The summed E-state index contributed by atoms with van der Waals surface area (Å²) in [5.41, 5.74) is 0. The highest BCUT2D eigenvalue weighted by atomic mass is 16.2. The van der Waals surface area contributed by atoms with Crippen LogP contribution in [0.15, 0.2) is 24.3 Å². The third-order valence-electron chi connectivity index (χ3n) is 8.04. The number of carbonyl (C=O) groups is 4. The van der Waals surface area contributed by atoms with Gasteiger partial charge in [0, 0.05) is 12.1 Å². The van der Waals surface area contributed by atoms with Crippen molar-refractivity contribution in [3.63, 3.8) is 0 Å². The van der Waals surface area contributed by atoms with Gasteiger partial charge in [-0.3, -0.25) is 29.0 Å². The first-order chi connectivity index (χ1) is 14.2. The zero-order valence-corrected chi connectivity index (χ0v) is 18.0. The molecule has 30 heavy (non-hydrogen) atoms. The molecule has 6 rings (SSSR count). The van der Waals surface area contributed by atoms with Crippen molar-refractivity contribution < 1.29 is 19.2 Å². The molecule has 6 nitrogen and oxygen atoms in total. The molecule has 4 bridgehead atoms. The minimum absolute atomic E-state index is 0.00926. The summed E-state index contributed by atoms with van der Waals surface area (Å²) in [5.74, 6) is 1.47. The molecular formula is C24H30N2O4. The average Bonchev–Trinajstić information content (AvgIpc) is 3.48. The van der Waals surface area contributed by atoms with Crippen LogP contribution >= 0.6 is 0 Å². The molecule has 6 aliphatic rings. The Hall–Kier alpha value is -2.24. The maximum atomic E-state index is 12.1. The lowest BCUT2D eigenvalue weighted by Gasteiger charge is -2.20. The molecule has 0 aromatic rings. The van der Waals surface area contributed by atoms with Gasteiger partial charge in [0.2, 0.25) is 23.6 Å². The lowest BCUT2D eigenvalue weighted by atomic mass is 9.85. The molecule has 2 heterocycles. The fraction of sp³-hybridized carbons (Fsp3) is 0.667. The fourth-order valence-electron chi connectivity index (χ4n) is 6.87. The Balaban J connectivity index is 0.000000128. The second-order valence-corrected chi connectivity index (χ2v) is 10.3. The first-order valence-corrected chi connectivity index (χ1v) is 11.3. The van der Waals surface area contributed by atoms with E-state index in [9.17, 15) is 19.2 Å². The van der Waals surface area contributed by atoms with Crippen molar-refractivity contribution in [1.29, 1.82) is 0 Å². The van der Waals surface area contributed by atoms with Crippen LogP contribution in [0.25, 0.3) is 0 Å². The molecule has 2 saturated carbocycles. The van der Waals surface area contributed by atoms with Gasteiger partial charge in [-0.25, -0.2) is 0 Å². The van der Waals surface area contributed by atoms with Crippen molar-refractivity contribution >= 4 is 23.6 Å². The van der Waals surface area contributed by atoms with Gasteiger partial charge in [-0.2, -0.15) is 0 Å². The van der Waals surface area contributed by atoms with E-state index in [0.717, 1.165) is 12.8 Å². The number of hydrogen-bond donors (Lipinski definition) is 0. The quantitative estimate of drug-likeness (QED) is 0.518. The van der Waals surface area contributed by atoms with E-state index in [0.29, 0.717) is 23.7 Å². The first-order valence-electron chi connectivity index (χ1n) is 11.3. The van der Waals surface area contributed by atoms with Crippen LogP contribution in [0.2, 0.25) is 0 Å². The summed E-state index contributed by atoms with van der Waals surface area (Å²) in [6.07, 6.45) is 10.5. The zero-order chi connectivity index (χ0) is 21.5. The third-order valence-corrected chi connectivity index (χ3v) is 8.04. The van der Waals surface area contributed by atoms with Gasteiger partial charge in [0.15, 0.2) is 0 Å². The number of carbonyl (C=O) groups excluding carboxylic acids is 4. The standard InChI is InChI=1S/2C12H15NO2/c2*1-6(2)13-11(14)9-7-3-4-8(5-7)10(9)12(13)15/h2*3-4,6-10H,5H2,1-2H3/t7-,8+,9+,10-;. The predicted molar refractivity (Wildman–Crippen MR) is 109 cm³/mol. The normalized spacial score (nSPS) is 42.2. The third kappa shape index (κ3) is 2.48. The van der Waals surface area contributed by atoms with Gasteiger partial charge in [0.1, 0.15) is 0 Å². The lowest BCUT2D eigenvalue weighted by Crippen LogP contribution is -2.38. The molecule has 8 atom stereocenters. The van der Waals surface area contributed by atoms with Gasteiger partial charge >= 0.3 is 0 Å². The smallest absolute Gasteiger partial charge is 0.233 e. The van der Waals surface area contributed by atoms with Crippen molar-refractivity contribution in [3.8, 4) is 0 Å². The molecule has 0 spiro atoms. The summed E-state index contributed by atoms with van der Waals surface area (Å²) in [6, 6.07) is 0.0185. The van der Waals surface area contributed by atoms with Crippen molar-refractivity contribution in [2.24, 2.45) is 47.3 Å². The highest BCUT2D eigenvalue weighted by Gasteiger charge is 2.60. The zero-order valence-electron chi connectivity index (χ0n) is 18.0. The molecule has 0 N–H and O–H groups in total. The SMILES string of the molecule is CC(C)N1C(=O)C2C3C=CC(C3)C2C1=O.CC(C)N1C(=O)[C@@H]2[C@H](C1=O)[C@H]1C=C[C@@H]2C1. The molecule has 4 unspecified atom stereocenters. The summed E-state index contributed by atoms with van der Waals surface area (Å²) in [4.78, 5) is 51.3. The largest absolute Gasteiger partial charge is 0.280 e. The average molecular weight is 411 g/mol. The Kier molecular flexibility index (Phi) is 4.35. The second-order valence-electron chi connectivity index (χ2n) is 10.3. The number of rotatable bonds is 2. The van der Waals surface area contributed by atoms with Gasteiger partial charge in [0.05, 0.1) is 23.7 Å². The van der Waals surface area contributed by atoms with Crippen molar-refractivity contribution in [1.82, 2.24) is 9.80 Å². The highest BCUT2D eigenvalue weighted by molar-refractivity contribution is 6.07. The van der Waals surface area contributed by atoms with Crippen LogP contribution in [0.5, 0.6) is 0 Å². The molecule has 2 aliphatic heterocycles. The lowest BCUT2D eigenvalue weighted by molar-refractivity contribution is -0.144. The topological polar surface area (TPSA) is 74.8 Å². The highest BCUT2D eigenvalue weighted by Crippen LogP contribution is 2.53. The van der Waals surface area contributed by atoms with Crippen LogP contribution in [0, 0.1) is 47.3 Å². The summed E-state index contributed by atoms with van der Waals surface area (Å²) < 4.78 is 0. The minimum atomic E-state index is -0.0325. The van der Waals surface area contributed by atoms with Gasteiger partial charge in [-0.15, -0.1) is 0 Å². The maximum absolute atomic E-state index is 12.1. The minimum Gasteiger partial charge on any atom is -0.280 e. The Labute approximate surface area is 177 Å². The first kappa shape index (κ1) is 19.7. The van der Waals surface area contributed by atoms with Crippen LogP contribution < -0.4 is 0 Å². The van der Waals surface area contributed by atoms with Crippen LogP contribution in [-0.2, 0) is 19.2 Å². The molecule has 0 aromatic heterocycles. The molecule has 0 radical (unpaired) electrons. The van der Waals surface area contributed by atoms with Crippen molar-refractivity contribution in [2.45, 2.75) is 52.6 Å². The number of imide groups is 2. The number of allylic oxidation sites excluding steroid dienone is 4. The number of amides is 4. The number of nitrogens with zero attached hydrogens (tertiary/aromatic N) is 2. The molecule has 6 heteroatoms. The van der Waals surface area contributed by atoms with Crippen molar-refractivity contribution in [2.75, 3.05) is 0 Å². The van der Waals surface area contributed by atoms with Gasteiger partial charge in [-0.05, 0) is 64.2 Å². The maximum Gasteiger partial charge on any atom is 0.233 e. The Morgan fingerprint density at radius 1 is 0.567 bits per heavy atom. The van der Waals surface area contributed by atoms with E-state index in [1.165, 1.54) is 9.80 Å². The number of hydrogen-bond acceptors (Lipinski definition) is 4. The summed E-state index contributed by atoms with van der Waals surface area (Å²) in [5, 5.41) is 0. The van der Waals surface area contributed by atoms with E-state index >= 15 is 0 Å². The molecule has 4 amide bonds. The molecule has 4 fully saturated rings. The molecular weight excluding hydrogens is 380 g/mol.